The zero-order valence-corrected chi connectivity index (χ0v) is 19.0. The van der Waals surface area contributed by atoms with E-state index >= 15 is 0 Å². The number of nitrogens with zero attached hydrogens (tertiary/aromatic N) is 1. The molecule has 4 nitrogen and oxygen atoms in total. The van der Waals surface area contributed by atoms with Crippen molar-refractivity contribution < 1.29 is 9.53 Å². The average molecular weight is 397 g/mol. The number of aryl methyl sites for hydroxylation is 1. The van der Waals surface area contributed by atoms with Crippen molar-refractivity contribution >= 4 is 5.91 Å². The topological polar surface area (TPSA) is 41.6 Å². The van der Waals surface area contributed by atoms with E-state index in [0.717, 1.165) is 41.8 Å². The van der Waals surface area contributed by atoms with Gasteiger partial charge in [0.25, 0.3) is 5.91 Å². The highest BCUT2D eigenvalue weighted by atomic mass is 16.5. The standard InChI is InChI=1S/C25H36N2O2/c1-8-18-11-10-14-22(23(18)29-7)19-12-9-13-20(15-19)24(28)26-21(17-27(5)6)16-25(2,3)4/h9-15,21H,8,16-17H2,1-7H3,(H,26,28)/t21-/m0/s1. The maximum absolute atomic E-state index is 13.0. The summed E-state index contributed by atoms with van der Waals surface area (Å²) >= 11 is 0. The van der Waals surface area contributed by atoms with E-state index in [1.165, 1.54) is 0 Å². The van der Waals surface area contributed by atoms with Crippen molar-refractivity contribution in [3.8, 4) is 16.9 Å². The van der Waals surface area contributed by atoms with E-state index in [2.05, 4.69) is 44.0 Å². The summed E-state index contributed by atoms with van der Waals surface area (Å²) in [5.41, 5.74) is 3.98. The van der Waals surface area contributed by atoms with E-state index in [9.17, 15) is 4.79 Å². The van der Waals surface area contributed by atoms with Gasteiger partial charge in [-0.15, -0.1) is 0 Å². The molecular weight excluding hydrogens is 360 g/mol. The Labute approximate surface area is 176 Å². The molecule has 0 aliphatic rings. The number of para-hydroxylation sites is 1. The van der Waals surface area contributed by atoms with Crippen LogP contribution in [0.2, 0.25) is 0 Å². The molecule has 29 heavy (non-hydrogen) atoms. The average Bonchev–Trinajstić information content (AvgIpc) is 2.65. The van der Waals surface area contributed by atoms with Crippen molar-refractivity contribution in [2.75, 3.05) is 27.7 Å². The van der Waals surface area contributed by atoms with Crippen LogP contribution in [0.5, 0.6) is 5.75 Å². The number of rotatable bonds is 8. The molecule has 2 aromatic rings. The molecular formula is C25H36N2O2. The summed E-state index contributed by atoms with van der Waals surface area (Å²) in [6.45, 7) is 9.54. The number of likely N-dealkylation sites (N-methyl/N-ethyl adjacent to an activating group) is 1. The number of nitrogens with one attached hydrogen (secondary N) is 1. The van der Waals surface area contributed by atoms with E-state index in [4.69, 9.17) is 4.74 Å². The fourth-order valence-electron chi connectivity index (χ4n) is 3.77. The van der Waals surface area contributed by atoms with E-state index in [1.807, 2.05) is 50.5 Å². The Morgan fingerprint density at radius 1 is 1.14 bits per heavy atom. The maximum atomic E-state index is 13.0. The number of hydrogen-bond acceptors (Lipinski definition) is 3. The van der Waals surface area contributed by atoms with Gasteiger partial charge in [0.05, 0.1) is 7.11 Å². The Morgan fingerprint density at radius 2 is 1.83 bits per heavy atom. The Balaban J connectivity index is 2.29. The fourth-order valence-corrected chi connectivity index (χ4v) is 3.77. The third-order valence-corrected chi connectivity index (χ3v) is 4.90. The van der Waals surface area contributed by atoms with Gasteiger partial charge in [0, 0.05) is 23.7 Å². The second kappa shape index (κ2) is 9.93. The van der Waals surface area contributed by atoms with Crippen LogP contribution in [-0.2, 0) is 6.42 Å². The molecule has 0 radical (unpaired) electrons. The lowest BCUT2D eigenvalue weighted by Gasteiger charge is -2.29. The third kappa shape index (κ3) is 6.60. The van der Waals surface area contributed by atoms with Crippen LogP contribution in [0.1, 0.15) is 50.0 Å². The second-order valence-corrected chi connectivity index (χ2v) is 9.13. The number of carbonyl (C=O) groups is 1. The summed E-state index contributed by atoms with van der Waals surface area (Å²) in [4.78, 5) is 15.1. The van der Waals surface area contributed by atoms with E-state index in [1.54, 1.807) is 7.11 Å². The summed E-state index contributed by atoms with van der Waals surface area (Å²) in [5.74, 6) is 0.847. The van der Waals surface area contributed by atoms with Gasteiger partial charge in [0.2, 0.25) is 0 Å². The lowest BCUT2D eigenvalue weighted by Crippen LogP contribution is -2.43. The minimum atomic E-state index is -0.0337. The summed E-state index contributed by atoms with van der Waals surface area (Å²) in [6.07, 6.45) is 1.82. The van der Waals surface area contributed by atoms with E-state index in [0.29, 0.717) is 5.56 Å². The Morgan fingerprint density at radius 3 is 2.41 bits per heavy atom. The molecule has 0 aromatic heterocycles. The van der Waals surface area contributed by atoms with Gasteiger partial charge >= 0.3 is 0 Å². The largest absolute Gasteiger partial charge is 0.496 e. The first kappa shape index (κ1) is 23.0. The van der Waals surface area contributed by atoms with Crippen molar-refractivity contribution in [1.29, 1.82) is 0 Å². The van der Waals surface area contributed by atoms with E-state index < -0.39 is 0 Å². The van der Waals surface area contributed by atoms with Crippen LogP contribution in [0.3, 0.4) is 0 Å². The van der Waals surface area contributed by atoms with Gasteiger partial charge in [-0.3, -0.25) is 4.79 Å². The number of benzene rings is 2. The number of amides is 1. The SMILES string of the molecule is CCc1cccc(-c2cccc(C(=O)N[C@H](CN(C)C)CC(C)(C)C)c2)c1OC. The number of hydrogen-bond donors (Lipinski definition) is 1. The van der Waals surface area contributed by atoms with Crippen molar-refractivity contribution in [2.45, 2.75) is 46.6 Å². The van der Waals surface area contributed by atoms with Crippen LogP contribution in [0.4, 0.5) is 0 Å². The Hall–Kier alpha value is -2.33. The maximum Gasteiger partial charge on any atom is 0.251 e. The summed E-state index contributed by atoms with van der Waals surface area (Å²) in [7, 11) is 5.78. The first-order valence-corrected chi connectivity index (χ1v) is 10.4. The third-order valence-electron chi connectivity index (χ3n) is 4.90. The molecule has 0 unspecified atom stereocenters. The highest BCUT2D eigenvalue weighted by Crippen LogP contribution is 2.33. The van der Waals surface area contributed by atoms with Crippen LogP contribution in [0.25, 0.3) is 11.1 Å². The van der Waals surface area contributed by atoms with Crippen LogP contribution in [-0.4, -0.2) is 44.6 Å². The molecule has 0 fully saturated rings. The van der Waals surface area contributed by atoms with Crippen molar-refractivity contribution in [3.63, 3.8) is 0 Å². The number of ether oxygens (including phenoxy) is 1. The molecule has 0 bridgehead atoms. The lowest BCUT2D eigenvalue weighted by atomic mass is 9.87. The van der Waals surface area contributed by atoms with Gasteiger partial charge in [0.1, 0.15) is 5.75 Å². The molecule has 1 amide bonds. The lowest BCUT2D eigenvalue weighted by molar-refractivity contribution is 0.0917. The molecule has 1 atom stereocenters. The molecule has 2 rings (SSSR count). The molecule has 0 heterocycles. The van der Waals surface area contributed by atoms with E-state index in [-0.39, 0.29) is 17.4 Å². The number of carbonyl (C=O) groups excluding carboxylic acids is 1. The molecule has 0 aliphatic heterocycles. The summed E-state index contributed by atoms with van der Waals surface area (Å²) < 4.78 is 5.68. The summed E-state index contributed by atoms with van der Waals surface area (Å²) in [6, 6.07) is 14.1. The Kier molecular flexibility index (Phi) is 7.86. The molecule has 2 aromatic carbocycles. The fraction of sp³-hybridized carbons (Fsp3) is 0.480. The normalized spacial score (nSPS) is 12.7. The second-order valence-electron chi connectivity index (χ2n) is 9.13. The predicted molar refractivity (Wildman–Crippen MR) is 122 cm³/mol. The quantitative estimate of drug-likeness (QED) is 0.681. The van der Waals surface area contributed by atoms with Crippen LogP contribution in [0.15, 0.2) is 42.5 Å². The highest BCUT2D eigenvalue weighted by molar-refractivity contribution is 5.96. The van der Waals surface area contributed by atoms with Crippen molar-refractivity contribution in [1.82, 2.24) is 10.2 Å². The first-order chi connectivity index (χ1) is 13.6. The molecule has 158 valence electrons. The molecule has 0 aliphatic carbocycles. The van der Waals surface area contributed by atoms with Gasteiger partial charge in [-0.1, -0.05) is 58.0 Å². The van der Waals surface area contributed by atoms with Crippen molar-refractivity contribution in [2.24, 2.45) is 5.41 Å². The molecule has 0 saturated heterocycles. The first-order valence-electron chi connectivity index (χ1n) is 10.4. The molecule has 4 heteroatoms. The van der Waals surface area contributed by atoms with Gasteiger partial charge in [-0.25, -0.2) is 0 Å². The smallest absolute Gasteiger partial charge is 0.251 e. The number of methoxy groups -OCH3 is 1. The predicted octanol–water partition coefficient (Wildman–Crippen LogP) is 5.02. The van der Waals surface area contributed by atoms with Gasteiger partial charge in [-0.2, -0.15) is 0 Å². The molecule has 0 spiro atoms. The molecule has 0 saturated carbocycles. The van der Waals surface area contributed by atoms with Gasteiger partial charge in [-0.05, 0) is 55.6 Å². The zero-order valence-electron chi connectivity index (χ0n) is 19.0. The minimum absolute atomic E-state index is 0.0337. The highest BCUT2D eigenvalue weighted by Gasteiger charge is 2.22. The van der Waals surface area contributed by atoms with Crippen LogP contribution in [0, 0.1) is 5.41 Å². The minimum Gasteiger partial charge on any atom is -0.496 e. The summed E-state index contributed by atoms with van der Waals surface area (Å²) in [5, 5.41) is 3.24. The van der Waals surface area contributed by atoms with Gasteiger partial charge < -0.3 is 15.0 Å². The van der Waals surface area contributed by atoms with Crippen LogP contribution < -0.4 is 10.1 Å². The van der Waals surface area contributed by atoms with Crippen LogP contribution >= 0.6 is 0 Å². The van der Waals surface area contributed by atoms with Gasteiger partial charge in [0.15, 0.2) is 0 Å². The Bertz CT molecular complexity index is 822. The van der Waals surface area contributed by atoms with Crippen molar-refractivity contribution in [3.05, 3.63) is 53.6 Å². The zero-order chi connectivity index (χ0) is 21.6. The molecule has 1 N–H and O–H groups in total. The monoisotopic (exact) mass is 396 g/mol.